The van der Waals surface area contributed by atoms with Gasteiger partial charge in [-0.1, -0.05) is 0 Å². The first-order chi connectivity index (χ1) is 7.79. The van der Waals surface area contributed by atoms with Crippen molar-refractivity contribution in [3.8, 4) is 0 Å². The number of nitrogen functional groups attached to an aromatic ring is 1. The van der Waals surface area contributed by atoms with Gasteiger partial charge in [-0.05, 0) is 31.2 Å². The van der Waals surface area contributed by atoms with Crippen molar-refractivity contribution in [2.75, 3.05) is 12.8 Å². The molecule has 0 aromatic carbocycles. The Bertz CT molecular complexity index is 441. The predicted molar refractivity (Wildman–Crippen MR) is 66.3 cm³/mol. The van der Waals surface area contributed by atoms with Gasteiger partial charge in [-0.3, -0.25) is 4.98 Å². The number of anilines is 1. The van der Waals surface area contributed by atoms with Crippen molar-refractivity contribution in [2.45, 2.75) is 12.5 Å². The molecule has 0 bridgehead atoms. The van der Waals surface area contributed by atoms with Crippen LogP contribution in [0.25, 0.3) is 0 Å². The summed E-state index contributed by atoms with van der Waals surface area (Å²) < 4.78 is 0. The van der Waals surface area contributed by atoms with Crippen LogP contribution in [-0.2, 0) is 6.42 Å². The first-order valence-corrected chi connectivity index (χ1v) is 5.93. The molecule has 2 aromatic heterocycles. The number of pyridine rings is 1. The maximum absolute atomic E-state index is 5.65. The summed E-state index contributed by atoms with van der Waals surface area (Å²) in [5.74, 6) is 0.566. The first kappa shape index (κ1) is 11.0. The Morgan fingerprint density at radius 1 is 1.56 bits per heavy atom. The van der Waals surface area contributed by atoms with E-state index in [9.17, 15) is 0 Å². The summed E-state index contributed by atoms with van der Waals surface area (Å²) in [6.45, 7) is 0. The molecule has 0 saturated carbocycles. The molecule has 5 heteroatoms. The van der Waals surface area contributed by atoms with E-state index in [-0.39, 0.29) is 6.04 Å². The topological polar surface area (TPSA) is 63.8 Å². The maximum Gasteiger partial charge on any atom is 0.123 e. The van der Waals surface area contributed by atoms with Gasteiger partial charge in [0.1, 0.15) is 5.82 Å². The zero-order chi connectivity index (χ0) is 11.4. The molecule has 0 aliphatic carbocycles. The average molecular weight is 234 g/mol. The Balaban J connectivity index is 2.13. The number of likely N-dealkylation sites (N-methyl/N-ethyl adjacent to an activating group) is 1. The molecule has 3 N–H and O–H groups in total. The molecule has 1 atom stereocenters. The second-order valence-electron chi connectivity index (χ2n) is 3.54. The van der Waals surface area contributed by atoms with Crippen LogP contribution in [0.4, 0.5) is 5.82 Å². The van der Waals surface area contributed by atoms with E-state index < -0.39 is 0 Å². The van der Waals surface area contributed by atoms with Crippen molar-refractivity contribution in [2.24, 2.45) is 0 Å². The number of thiazole rings is 1. The summed E-state index contributed by atoms with van der Waals surface area (Å²) in [5.41, 5.74) is 8.68. The minimum atomic E-state index is 0.286. The smallest absolute Gasteiger partial charge is 0.123 e. The molecule has 0 amide bonds. The fraction of sp³-hybridized carbons (Fsp3) is 0.273. The number of hydrogen-bond donors (Lipinski definition) is 2. The van der Waals surface area contributed by atoms with E-state index in [2.05, 4.69) is 15.3 Å². The number of hydrogen-bond acceptors (Lipinski definition) is 5. The summed E-state index contributed by atoms with van der Waals surface area (Å²) in [4.78, 5) is 9.31. The number of nitrogens with two attached hydrogens (primary N) is 1. The highest BCUT2D eigenvalue weighted by Crippen LogP contribution is 2.21. The minimum Gasteiger partial charge on any atom is -0.384 e. The van der Waals surface area contributed by atoms with Crippen LogP contribution < -0.4 is 11.1 Å². The molecule has 0 spiro atoms. The standard InChI is InChI=1S/C11H14N4S/c1-13-9(10-6-14-7-16-10)4-8-2-3-15-11(12)5-8/h2-3,5-7,9,13H,4H2,1H3,(H2,12,15). The second kappa shape index (κ2) is 5.05. The third kappa shape index (κ3) is 2.56. The van der Waals surface area contributed by atoms with E-state index in [1.807, 2.05) is 30.9 Å². The van der Waals surface area contributed by atoms with Crippen LogP contribution in [0.3, 0.4) is 0 Å². The second-order valence-corrected chi connectivity index (χ2v) is 4.46. The number of aromatic nitrogens is 2. The first-order valence-electron chi connectivity index (χ1n) is 5.05. The fourth-order valence-electron chi connectivity index (χ4n) is 1.60. The Labute approximate surface area is 98.6 Å². The van der Waals surface area contributed by atoms with Gasteiger partial charge in [-0.2, -0.15) is 0 Å². The highest BCUT2D eigenvalue weighted by Gasteiger charge is 2.11. The van der Waals surface area contributed by atoms with Gasteiger partial charge in [0.25, 0.3) is 0 Å². The number of rotatable bonds is 4. The van der Waals surface area contributed by atoms with Crippen LogP contribution in [-0.4, -0.2) is 17.0 Å². The lowest BCUT2D eigenvalue weighted by Crippen LogP contribution is -2.17. The predicted octanol–water partition coefficient (Wildman–Crippen LogP) is 1.62. The molecule has 2 rings (SSSR count). The summed E-state index contributed by atoms with van der Waals surface area (Å²) in [6.07, 6.45) is 4.53. The van der Waals surface area contributed by atoms with Gasteiger partial charge >= 0.3 is 0 Å². The molecule has 2 heterocycles. The van der Waals surface area contributed by atoms with Gasteiger partial charge in [0.15, 0.2) is 0 Å². The molecule has 0 aliphatic rings. The third-order valence-electron chi connectivity index (χ3n) is 2.43. The highest BCUT2D eigenvalue weighted by atomic mass is 32.1. The van der Waals surface area contributed by atoms with Crippen LogP contribution in [0.15, 0.2) is 30.0 Å². The molecule has 2 aromatic rings. The normalized spacial score (nSPS) is 12.6. The van der Waals surface area contributed by atoms with Gasteiger partial charge in [0, 0.05) is 23.3 Å². The fourth-order valence-corrected chi connectivity index (χ4v) is 2.33. The quantitative estimate of drug-likeness (QED) is 0.844. The Morgan fingerprint density at radius 3 is 3.06 bits per heavy atom. The molecule has 84 valence electrons. The monoisotopic (exact) mass is 234 g/mol. The van der Waals surface area contributed by atoms with Gasteiger partial charge < -0.3 is 11.1 Å². The molecule has 0 radical (unpaired) electrons. The molecule has 1 unspecified atom stereocenters. The highest BCUT2D eigenvalue weighted by molar-refractivity contribution is 7.09. The van der Waals surface area contributed by atoms with Crippen LogP contribution in [0, 0.1) is 0 Å². The molecule has 0 fully saturated rings. The Hall–Kier alpha value is -1.46. The van der Waals surface area contributed by atoms with E-state index in [4.69, 9.17) is 5.73 Å². The average Bonchev–Trinajstić information content (AvgIpc) is 2.79. The summed E-state index contributed by atoms with van der Waals surface area (Å²) >= 11 is 1.66. The van der Waals surface area contributed by atoms with Crippen molar-refractivity contribution in [1.82, 2.24) is 15.3 Å². The molecule has 0 aliphatic heterocycles. The molecule has 0 saturated heterocycles. The number of nitrogens with zero attached hydrogens (tertiary/aromatic N) is 2. The lowest BCUT2D eigenvalue weighted by atomic mass is 10.1. The van der Waals surface area contributed by atoms with Gasteiger partial charge in [0.05, 0.1) is 5.51 Å². The van der Waals surface area contributed by atoms with E-state index in [0.717, 1.165) is 6.42 Å². The lowest BCUT2D eigenvalue weighted by Gasteiger charge is -2.13. The third-order valence-corrected chi connectivity index (χ3v) is 3.32. The molecule has 4 nitrogen and oxygen atoms in total. The Kier molecular flexibility index (Phi) is 3.48. The summed E-state index contributed by atoms with van der Waals surface area (Å²) in [5, 5.41) is 3.28. The summed E-state index contributed by atoms with van der Waals surface area (Å²) in [6, 6.07) is 4.18. The lowest BCUT2D eigenvalue weighted by molar-refractivity contribution is 0.601. The van der Waals surface area contributed by atoms with Crippen LogP contribution in [0.5, 0.6) is 0 Å². The van der Waals surface area contributed by atoms with Crippen molar-refractivity contribution >= 4 is 17.2 Å². The van der Waals surface area contributed by atoms with Crippen molar-refractivity contribution in [1.29, 1.82) is 0 Å². The van der Waals surface area contributed by atoms with Gasteiger partial charge in [-0.15, -0.1) is 11.3 Å². The molecular formula is C11H14N4S. The largest absolute Gasteiger partial charge is 0.384 e. The van der Waals surface area contributed by atoms with Crippen LogP contribution in [0.1, 0.15) is 16.5 Å². The zero-order valence-corrected chi connectivity index (χ0v) is 9.87. The SMILES string of the molecule is CNC(Cc1ccnc(N)c1)c1cncs1. The van der Waals surface area contributed by atoms with Crippen LogP contribution >= 0.6 is 11.3 Å². The van der Waals surface area contributed by atoms with E-state index in [1.54, 1.807) is 17.5 Å². The minimum absolute atomic E-state index is 0.286. The zero-order valence-electron chi connectivity index (χ0n) is 9.05. The van der Waals surface area contributed by atoms with E-state index >= 15 is 0 Å². The number of nitrogens with one attached hydrogen (secondary N) is 1. The Morgan fingerprint density at radius 2 is 2.44 bits per heavy atom. The maximum atomic E-state index is 5.65. The molecule has 16 heavy (non-hydrogen) atoms. The molecular weight excluding hydrogens is 220 g/mol. The van der Waals surface area contributed by atoms with Crippen molar-refractivity contribution in [3.63, 3.8) is 0 Å². The summed E-state index contributed by atoms with van der Waals surface area (Å²) in [7, 11) is 1.95. The van der Waals surface area contributed by atoms with Gasteiger partial charge in [-0.25, -0.2) is 4.98 Å². The van der Waals surface area contributed by atoms with Gasteiger partial charge in [0.2, 0.25) is 0 Å². The van der Waals surface area contributed by atoms with Crippen molar-refractivity contribution < 1.29 is 0 Å². The van der Waals surface area contributed by atoms with Crippen LogP contribution in [0.2, 0.25) is 0 Å². The van der Waals surface area contributed by atoms with Crippen molar-refractivity contribution in [3.05, 3.63) is 40.5 Å². The van der Waals surface area contributed by atoms with E-state index in [0.29, 0.717) is 5.82 Å². The van der Waals surface area contributed by atoms with E-state index in [1.165, 1.54) is 10.4 Å².